The third-order valence-electron chi connectivity index (χ3n) is 2.90. The Morgan fingerprint density at radius 3 is 2.25 bits per heavy atom. The van der Waals surface area contributed by atoms with E-state index >= 15 is 0 Å². The Hall–Kier alpha value is -1.89. The van der Waals surface area contributed by atoms with Gasteiger partial charge < -0.3 is 9.84 Å². The maximum Gasteiger partial charge on any atom is 0.298 e. The number of methoxy groups -OCH3 is 1. The van der Waals surface area contributed by atoms with E-state index < -0.39 is 16.2 Å². The molecule has 6 heteroatoms. The predicted molar refractivity (Wildman–Crippen MR) is 73.3 cm³/mol. The summed E-state index contributed by atoms with van der Waals surface area (Å²) in [6.45, 7) is 0. The van der Waals surface area contributed by atoms with E-state index in [-0.39, 0.29) is 10.6 Å². The summed E-state index contributed by atoms with van der Waals surface area (Å²) in [5.41, 5.74) is 0.976. The summed E-state index contributed by atoms with van der Waals surface area (Å²) in [5, 5.41) is 10.2. The van der Waals surface area contributed by atoms with Gasteiger partial charge in [-0.15, -0.1) is 0 Å². The van der Waals surface area contributed by atoms with Crippen LogP contribution in [0.1, 0.15) is 17.2 Å². The molecule has 0 spiro atoms. The molecule has 0 aliphatic rings. The van der Waals surface area contributed by atoms with E-state index in [0.717, 1.165) is 0 Å². The fraction of sp³-hybridized carbons (Fsp3) is 0.143. The first-order valence-corrected chi connectivity index (χ1v) is 7.26. The van der Waals surface area contributed by atoms with Gasteiger partial charge in [-0.25, -0.2) is 0 Å². The second kappa shape index (κ2) is 5.62. The summed E-state index contributed by atoms with van der Waals surface area (Å²) < 4.78 is 36.7. The van der Waals surface area contributed by atoms with Crippen molar-refractivity contribution in [2.75, 3.05) is 7.11 Å². The highest BCUT2D eigenvalue weighted by Crippen LogP contribution is 2.29. The maximum atomic E-state index is 11.3. The second-order valence-corrected chi connectivity index (χ2v) is 5.59. The van der Waals surface area contributed by atoms with Gasteiger partial charge in [-0.3, -0.25) is 4.55 Å². The van der Waals surface area contributed by atoms with Gasteiger partial charge in [0.1, 0.15) is 16.7 Å². The molecule has 2 N–H and O–H groups in total. The van der Waals surface area contributed by atoms with Crippen LogP contribution in [0.25, 0.3) is 0 Å². The second-order valence-electron chi connectivity index (χ2n) is 4.20. The Bertz CT molecular complexity index is 695. The van der Waals surface area contributed by atoms with Crippen molar-refractivity contribution in [1.29, 1.82) is 0 Å². The van der Waals surface area contributed by atoms with E-state index in [0.29, 0.717) is 11.1 Å². The number of benzene rings is 2. The molecule has 0 radical (unpaired) electrons. The zero-order valence-electron chi connectivity index (χ0n) is 10.7. The molecule has 0 aliphatic heterocycles. The third-order valence-corrected chi connectivity index (χ3v) is 3.77. The molecule has 0 saturated heterocycles. The Balaban J connectivity index is 2.49. The zero-order chi connectivity index (χ0) is 14.8. The molecule has 0 aromatic heterocycles. The van der Waals surface area contributed by atoms with Crippen LogP contribution >= 0.6 is 0 Å². The monoisotopic (exact) mass is 294 g/mol. The minimum Gasteiger partial charge on any atom is -0.495 e. The molecule has 0 aliphatic carbocycles. The normalized spacial score (nSPS) is 12.9. The Morgan fingerprint density at radius 2 is 1.70 bits per heavy atom. The molecule has 2 aromatic rings. The first-order valence-electron chi connectivity index (χ1n) is 5.82. The number of rotatable bonds is 4. The molecule has 0 heterocycles. The lowest BCUT2D eigenvalue weighted by Crippen LogP contribution is -2.05. The van der Waals surface area contributed by atoms with Gasteiger partial charge in [0.05, 0.1) is 7.11 Å². The van der Waals surface area contributed by atoms with Crippen LogP contribution in [0.2, 0.25) is 0 Å². The van der Waals surface area contributed by atoms with E-state index in [1.807, 2.05) is 6.07 Å². The molecule has 20 heavy (non-hydrogen) atoms. The van der Waals surface area contributed by atoms with Gasteiger partial charge in [0, 0.05) is 0 Å². The molecule has 1 unspecified atom stereocenters. The number of hydrogen-bond acceptors (Lipinski definition) is 4. The molecule has 2 aromatic carbocycles. The topological polar surface area (TPSA) is 83.8 Å². The highest BCUT2D eigenvalue weighted by Gasteiger charge is 2.20. The third kappa shape index (κ3) is 2.98. The van der Waals surface area contributed by atoms with Crippen molar-refractivity contribution in [1.82, 2.24) is 0 Å². The van der Waals surface area contributed by atoms with Crippen LogP contribution in [-0.2, 0) is 10.1 Å². The van der Waals surface area contributed by atoms with E-state index in [1.54, 1.807) is 30.3 Å². The minimum atomic E-state index is -4.42. The summed E-state index contributed by atoms with van der Waals surface area (Å²) in [5.74, 6) is 0.0245. The first-order chi connectivity index (χ1) is 9.43. The Kier molecular flexibility index (Phi) is 4.08. The van der Waals surface area contributed by atoms with Crippen molar-refractivity contribution in [2.45, 2.75) is 11.0 Å². The van der Waals surface area contributed by atoms with Gasteiger partial charge in [0.2, 0.25) is 0 Å². The largest absolute Gasteiger partial charge is 0.495 e. The average molecular weight is 294 g/mol. The van der Waals surface area contributed by atoms with E-state index in [9.17, 15) is 18.1 Å². The molecule has 0 fully saturated rings. The summed E-state index contributed by atoms with van der Waals surface area (Å²) in [6.07, 6.45) is -0.984. The molecular formula is C14H14O5S. The highest BCUT2D eigenvalue weighted by atomic mass is 32.2. The predicted octanol–water partition coefficient (Wildman–Crippen LogP) is 2.02. The molecule has 106 valence electrons. The summed E-state index contributed by atoms with van der Waals surface area (Å²) in [6, 6.07) is 12.9. The lowest BCUT2D eigenvalue weighted by Gasteiger charge is -2.14. The minimum absolute atomic E-state index is 0.0245. The maximum absolute atomic E-state index is 11.3. The summed E-state index contributed by atoms with van der Waals surface area (Å²) in [7, 11) is -3.12. The van der Waals surface area contributed by atoms with Gasteiger partial charge in [-0.2, -0.15) is 8.42 Å². The molecular weight excluding hydrogens is 280 g/mol. The van der Waals surface area contributed by atoms with Crippen molar-refractivity contribution < 1.29 is 22.8 Å². The fourth-order valence-electron chi connectivity index (χ4n) is 1.89. The molecule has 0 amide bonds. The average Bonchev–Trinajstić information content (AvgIpc) is 2.46. The van der Waals surface area contributed by atoms with Crippen molar-refractivity contribution in [3.63, 3.8) is 0 Å². The lowest BCUT2D eigenvalue weighted by molar-refractivity contribution is 0.220. The smallest absolute Gasteiger partial charge is 0.298 e. The van der Waals surface area contributed by atoms with E-state index in [1.165, 1.54) is 19.2 Å². The number of aliphatic hydroxyl groups excluding tert-OH is 1. The summed E-state index contributed by atoms with van der Waals surface area (Å²) >= 11 is 0. The molecule has 2 rings (SSSR count). The van der Waals surface area contributed by atoms with Gasteiger partial charge >= 0.3 is 0 Å². The van der Waals surface area contributed by atoms with Crippen LogP contribution in [0, 0.1) is 0 Å². The Morgan fingerprint density at radius 1 is 1.05 bits per heavy atom. The standard InChI is InChI=1S/C14H14O5S/c1-19-12-8-7-11(9-13(12)20(16,17)18)14(15)10-5-3-2-4-6-10/h2-9,14-15H,1H3,(H,16,17,18). The molecule has 5 nitrogen and oxygen atoms in total. The quantitative estimate of drug-likeness (QED) is 0.843. The zero-order valence-corrected chi connectivity index (χ0v) is 11.5. The van der Waals surface area contributed by atoms with Gasteiger partial charge in [-0.1, -0.05) is 36.4 Å². The summed E-state index contributed by atoms with van der Waals surface area (Å²) in [4.78, 5) is -0.368. The fourth-order valence-corrected chi connectivity index (χ4v) is 2.58. The molecule has 1 atom stereocenters. The SMILES string of the molecule is COc1ccc(C(O)c2ccccc2)cc1S(=O)(=O)O. The van der Waals surface area contributed by atoms with Crippen LogP contribution in [0.5, 0.6) is 5.75 Å². The molecule has 0 saturated carbocycles. The van der Waals surface area contributed by atoms with Gasteiger partial charge in [0.15, 0.2) is 0 Å². The van der Waals surface area contributed by atoms with E-state index in [4.69, 9.17) is 4.74 Å². The highest BCUT2D eigenvalue weighted by molar-refractivity contribution is 7.86. The lowest BCUT2D eigenvalue weighted by atomic mass is 10.0. The van der Waals surface area contributed by atoms with Crippen LogP contribution in [0.4, 0.5) is 0 Å². The van der Waals surface area contributed by atoms with Crippen molar-refractivity contribution in [3.8, 4) is 5.75 Å². The number of hydrogen-bond donors (Lipinski definition) is 2. The van der Waals surface area contributed by atoms with Crippen LogP contribution < -0.4 is 4.74 Å². The van der Waals surface area contributed by atoms with Crippen molar-refractivity contribution >= 4 is 10.1 Å². The first kappa shape index (κ1) is 14.5. The van der Waals surface area contributed by atoms with E-state index in [2.05, 4.69) is 0 Å². The number of ether oxygens (including phenoxy) is 1. The molecule has 0 bridgehead atoms. The van der Waals surface area contributed by atoms with Gasteiger partial charge in [0.25, 0.3) is 10.1 Å². The number of aliphatic hydroxyl groups is 1. The van der Waals surface area contributed by atoms with Gasteiger partial charge in [-0.05, 0) is 23.3 Å². The Labute approximate surface area is 117 Å². The van der Waals surface area contributed by atoms with Crippen molar-refractivity contribution in [3.05, 3.63) is 59.7 Å². The van der Waals surface area contributed by atoms with Crippen LogP contribution in [0.3, 0.4) is 0 Å². The van der Waals surface area contributed by atoms with Crippen LogP contribution in [-0.4, -0.2) is 25.2 Å². The van der Waals surface area contributed by atoms with Crippen LogP contribution in [0.15, 0.2) is 53.4 Å². The van der Waals surface area contributed by atoms with Crippen molar-refractivity contribution in [2.24, 2.45) is 0 Å².